The molecular formula is C20H25F2N4O6P. The van der Waals surface area contributed by atoms with E-state index in [9.17, 15) is 22.9 Å². The Bertz CT molecular complexity index is 964. The minimum Gasteiger partial charge on any atom is -0.442 e. The Morgan fingerprint density at radius 2 is 1.73 bits per heavy atom. The molecule has 3 aliphatic rings. The summed E-state index contributed by atoms with van der Waals surface area (Å²) >= 11 is 0. The maximum absolute atomic E-state index is 15.0. The quantitative estimate of drug-likeness (QED) is 0.500. The Kier molecular flexibility index (Phi) is 6.99. The van der Waals surface area contributed by atoms with Crippen LogP contribution in [0.1, 0.15) is 6.92 Å². The van der Waals surface area contributed by atoms with Crippen molar-refractivity contribution in [3.63, 3.8) is 0 Å². The van der Waals surface area contributed by atoms with E-state index < -0.39 is 31.6 Å². The number of anilines is 2. The highest BCUT2D eigenvalue weighted by Crippen LogP contribution is 2.53. The molecule has 2 fully saturated rings. The fraction of sp³-hybridized carbons (Fsp3) is 0.500. The molecule has 10 nitrogen and oxygen atoms in total. The van der Waals surface area contributed by atoms with Gasteiger partial charge in [0.25, 0.3) is 0 Å². The highest BCUT2D eigenvalue weighted by atomic mass is 31.2. The summed E-state index contributed by atoms with van der Waals surface area (Å²) in [5, 5.41) is 2.55. The molecule has 4 rings (SSSR count). The predicted octanol–water partition coefficient (Wildman–Crippen LogP) is 2.26. The first-order chi connectivity index (χ1) is 15.8. The zero-order valence-corrected chi connectivity index (χ0v) is 18.9. The summed E-state index contributed by atoms with van der Waals surface area (Å²) in [6.07, 6.45) is 2.08. The van der Waals surface area contributed by atoms with E-state index in [1.54, 1.807) is 16.8 Å². The van der Waals surface area contributed by atoms with Gasteiger partial charge in [-0.25, -0.2) is 22.8 Å². The van der Waals surface area contributed by atoms with Gasteiger partial charge in [0.15, 0.2) is 11.6 Å². The number of ether oxygens (including phenoxy) is 1. The molecule has 0 spiro atoms. The van der Waals surface area contributed by atoms with Gasteiger partial charge in [0.1, 0.15) is 11.8 Å². The molecule has 1 atom stereocenters. The summed E-state index contributed by atoms with van der Waals surface area (Å²) in [5.74, 6) is -1.92. The SMILES string of the molecule is CC(=O)NCC1CN(c2cc(F)c(N3CCN(P4(=O)OCC=CCO4)CC3)c(F)c2)C(=O)O1. The minimum atomic E-state index is -3.45. The molecule has 1 unspecified atom stereocenters. The van der Waals surface area contributed by atoms with Crippen LogP contribution in [0.4, 0.5) is 25.0 Å². The average molecular weight is 486 g/mol. The van der Waals surface area contributed by atoms with Crippen LogP contribution < -0.4 is 15.1 Å². The van der Waals surface area contributed by atoms with Crippen molar-refractivity contribution < 1.29 is 36.7 Å². The number of benzene rings is 1. The summed E-state index contributed by atoms with van der Waals surface area (Å²) in [6, 6.07) is 2.16. The third-order valence-corrected chi connectivity index (χ3v) is 7.56. The molecule has 33 heavy (non-hydrogen) atoms. The van der Waals surface area contributed by atoms with Crippen LogP contribution in [0.5, 0.6) is 0 Å². The largest absolute Gasteiger partial charge is 0.442 e. The van der Waals surface area contributed by atoms with Crippen LogP contribution in [0, 0.1) is 11.6 Å². The molecule has 1 aromatic carbocycles. The van der Waals surface area contributed by atoms with Gasteiger partial charge in [-0.15, -0.1) is 0 Å². The van der Waals surface area contributed by atoms with Crippen molar-refractivity contribution in [3.8, 4) is 0 Å². The second-order valence-electron chi connectivity index (χ2n) is 7.78. The molecule has 0 radical (unpaired) electrons. The lowest BCUT2D eigenvalue weighted by Gasteiger charge is -2.38. The third kappa shape index (κ3) is 5.19. The first kappa shape index (κ1) is 23.6. The number of hydrogen-bond acceptors (Lipinski definition) is 7. The minimum absolute atomic E-state index is 0.0277. The van der Waals surface area contributed by atoms with E-state index in [4.69, 9.17) is 13.8 Å². The first-order valence-electron chi connectivity index (χ1n) is 10.5. The highest BCUT2D eigenvalue weighted by Gasteiger charge is 2.38. The van der Waals surface area contributed by atoms with E-state index in [2.05, 4.69) is 5.32 Å². The van der Waals surface area contributed by atoms with Crippen molar-refractivity contribution in [1.29, 1.82) is 0 Å². The Labute approximate surface area is 189 Å². The molecule has 0 aromatic heterocycles. The lowest BCUT2D eigenvalue weighted by Crippen LogP contribution is -2.46. The molecule has 1 aromatic rings. The van der Waals surface area contributed by atoms with Gasteiger partial charge in [0.05, 0.1) is 32.0 Å². The predicted molar refractivity (Wildman–Crippen MR) is 115 cm³/mol. The Morgan fingerprint density at radius 3 is 2.30 bits per heavy atom. The molecule has 0 bridgehead atoms. The van der Waals surface area contributed by atoms with Gasteiger partial charge in [0.2, 0.25) is 5.91 Å². The molecule has 0 saturated carbocycles. The van der Waals surface area contributed by atoms with E-state index >= 15 is 0 Å². The van der Waals surface area contributed by atoms with Gasteiger partial charge in [-0.3, -0.25) is 18.7 Å². The monoisotopic (exact) mass is 486 g/mol. The Morgan fingerprint density at radius 1 is 1.12 bits per heavy atom. The molecular weight excluding hydrogens is 461 g/mol. The van der Waals surface area contributed by atoms with Crippen LogP contribution >= 0.6 is 7.75 Å². The molecule has 2 saturated heterocycles. The lowest BCUT2D eigenvalue weighted by atomic mass is 10.2. The molecule has 0 aliphatic carbocycles. The number of piperazine rings is 1. The average Bonchev–Trinajstić information content (AvgIpc) is 3.00. The van der Waals surface area contributed by atoms with Crippen LogP contribution in [-0.2, 0) is 23.1 Å². The number of carbonyl (C=O) groups excluding carboxylic acids is 2. The van der Waals surface area contributed by atoms with Gasteiger partial charge in [-0.2, -0.15) is 0 Å². The molecule has 180 valence electrons. The van der Waals surface area contributed by atoms with Crippen LogP contribution in [0.2, 0.25) is 0 Å². The van der Waals surface area contributed by atoms with Crippen LogP contribution in [-0.4, -0.2) is 75.3 Å². The molecule has 13 heteroatoms. The maximum Gasteiger partial charge on any atom is 0.414 e. The zero-order chi connectivity index (χ0) is 23.6. The van der Waals surface area contributed by atoms with Gasteiger partial charge in [0, 0.05) is 45.2 Å². The van der Waals surface area contributed by atoms with E-state index in [0.717, 1.165) is 17.0 Å². The summed E-state index contributed by atoms with van der Waals surface area (Å²) in [4.78, 5) is 25.9. The third-order valence-electron chi connectivity index (χ3n) is 5.52. The fourth-order valence-electron chi connectivity index (χ4n) is 3.88. The standard InChI is InChI=1S/C20H25F2N4O6P/c1-14(27)23-12-16-13-26(20(28)32-16)15-10-17(21)19(18(22)11-15)24-4-6-25(7-5-24)33(29)30-8-2-3-9-31-33/h2-3,10-11,16H,4-9,12-13H2,1H3,(H,23,27). The second-order valence-corrected chi connectivity index (χ2v) is 9.80. The molecule has 2 amide bonds. The fourth-order valence-corrected chi connectivity index (χ4v) is 5.50. The number of amides is 2. The van der Waals surface area contributed by atoms with Gasteiger partial charge in [-0.1, -0.05) is 12.2 Å². The summed E-state index contributed by atoms with van der Waals surface area (Å²) < 4.78 is 60.3. The number of nitrogens with zero attached hydrogens (tertiary/aromatic N) is 3. The smallest absolute Gasteiger partial charge is 0.414 e. The number of rotatable bonds is 5. The summed E-state index contributed by atoms with van der Waals surface area (Å²) in [7, 11) is -3.45. The zero-order valence-electron chi connectivity index (χ0n) is 18.0. The van der Waals surface area contributed by atoms with Crippen molar-refractivity contribution in [1.82, 2.24) is 9.99 Å². The Hall–Kier alpha value is -2.53. The first-order valence-corrected chi connectivity index (χ1v) is 12.0. The van der Waals surface area contributed by atoms with Crippen LogP contribution in [0.15, 0.2) is 24.3 Å². The Balaban J connectivity index is 1.42. The van der Waals surface area contributed by atoms with Crippen molar-refractivity contribution in [2.24, 2.45) is 0 Å². The number of cyclic esters (lactones) is 1. The van der Waals surface area contributed by atoms with E-state index in [1.165, 1.54) is 11.8 Å². The molecule has 1 N–H and O–H groups in total. The molecule has 3 heterocycles. The van der Waals surface area contributed by atoms with Gasteiger partial charge in [-0.05, 0) is 0 Å². The van der Waals surface area contributed by atoms with Crippen LogP contribution in [0.25, 0.3) is 0 Å². The van der Waals surface area contributed by atoms with E-state index in [0.29, 0.717) is 0 Å². The second kappa shape index (κ2) is 9.76. The van der Waals surface area contributed by atoms with E-state index in [-0.39, 0.29) is 69.8 Å². The van der Waals surface area contributed by atoms with Crippen molar-refractivity contribution in [3.05, 3.63) is 35.9 Å². The van der Waals surface area contributed by atoms with E-state index in [1.807, 2.05) is 0 Å². The summed E-state index contributed by atoms with van der Waals surface area (Å²) in [5.41, 5.74) is -0.191. The number of carbonyl (C=O) groups is 2. The van der Waals surface area contributed by atoms with Gasteiger partial charge >= 0.3 is 13.8 Å². The maximum atomic E-state index is 15.0. The van der Waals surface area contributed by atoms with Gasteiger partial charge < -0.3 is 15.0 Å². The normalized spacial score (nSPS) is 23.4. The lowest BCUT2D eigenvalue weighted by molar-refractivity contribution is -0.119. The van der Waals surface area contributed by atoms with Crippen LogP contribution in [0.3, 0.4) is 0 Å². The molecule has 3 aliphatic heterocycles. The van der Waals surface area contributed by atoms with Crippen molar-refractivity contribution in [2.45, 2.75) is 13.0 Å². The summed E-state index contributed by atoms with van der Waals surface area (Å²) in [6.45, 7) is 2.74. The number of halogens is 2. The highest BCUT2D eigenvalue weighted by molar-refractivity contribution is 7.51. The topological polar surface area (TPSA) is 101 Å². The number of hydrogen-bond donors (Lipinski definition) is 1. The number of nitrogens with one attached hydrogen (secondary N) is 1. The van der Waals surface area contributed by atoms with Crippen molar-refractivity contribution in [2.75, 3.05) is 62.3 Å². The van der Waals surface area contributed by atoms with Crippen molar-refractivity contribution >= 4 is 31.1 Å².